The minimum atomic E-state index is -3.96. The smallest absolute Gasteiger partial charge is 0.309 e. The molecule has 3 atom stereocenters. The Labute approximate surface area is 155 Å². The highest BCUT2D eigenvalue weighted by molar-refractivity contribution is 7.92. The van der Waals surface area contributed by atoms with Gasteiger partial charge in [0.05, 0.1) is 17.2 Å². The molecular formula is C16H19N3O7S. The molecule has 4 N–H and O–H groups in total. The summed E-state index contributed by atoms with van der Waals surface area (Å²) in [6.07, 6.45) is -2.74. The molecule has 1 amide bonds. The Hall–Kier alpha value is -2.47. The maximum Gasteiger partial charge on any atom is 0.309 e. The molecule has 1 aromatic heterocycles. The fraction of sp³-hybridized carbons (Fsp3) is 0.375. The van der Waals surface area contributed by atoms with Crippen molar-refractivity contribution >= 4 is 27.6 Å². The van der Waals surface area contributed by atoms with Crippen molar-refractivity contribution in [3.63, 3.8) is 0 Å². The predicted molar refractivity (Wildman–Crippen MR) is 93.6 cm³/mol. The number of hydrogen-bond donors (Lipinski definition) is 4. The van der Waals surface area contributed by atoms with Crippen LogP contribution in [0.4, 0.5) is 11.7 Å². The van der Waals surface area contributed by atoms with Gasteiger partial charge in [-0.05, 0) is 38.1 Å². The lowest BCUT2D eigenvalue weighted by atomic mass is 9.92. The lowest BCUT2D eigenvalue weighted by molar-refractivity contribution is -0.142. The zero-order chi connectivity index (χ0) is 19.9. The van der Waals surface area contributed by atoms with Crippen LogP contribution in [0.3, 0.4) is 0 Å². The average Bonchev–Trinajstić information content (AvgIpc) is 2.94. The Balaban J connectivity index is 1.81. The monoisotopic (exact) mass is 397 g/mol. The molecule has 0 saturated carbocycles. The maximum atomic E-state index is 12.4. The van der Waals surface area contributed by atoms with Crippen molar-refractivity contribution < 1.29 is 32.9 Å². The van der Waals surface area contributed by atoms with Crippen molar-refractivity contribution in [1.29, 1.82) is 0 Å². The minimum absolute atomic E-state index is 0.0902. The highest BCUT2D eigenvalue weighted by atomic mass is 32.2. The van der Waals surface area contributed by atoms with E-state index in [1.807, 2.05) is 0 Å². The number of aromatic nitrogens is 1. The van der Waals surface area contributed by atoms with Gasteiger partial charge in [0.15, 0.2) is 6.10 Å². The van der Waals surface area contributed by atoms with Crippen molar-refractivity contribution in [3.05, 3.63) is 35.7 Å². The van der Waals surface area contributed by atoms with Gasteiger partial charge >= 0.3 is 6.01 Å². The lowest BCUT2D eigenvalue weighted by Gasteiger charge is -2.46. The number of carbonyl (C=O) groups excluding carboxylic acids is 1. The van der Waals surface area contributed by atoms with Crippen LogP contribution < -0.4 is 9.62 Å². The summed E-state index contributed by atoms with van der Waals surface area (Å²) in [6, 6.07) is 4.10. The number of aryl methyl sites for hydroxylation is 2. The molecule has 2 heterocycles. The van der Waals surface area contributed by atoms with Crippen molar-refractivity contribution in [2.24, 2.45) is 0 Å². The second-order valence-corrected chi connectivity index (χ2v) is 7.84. The lowest BCUT2D eigenvalue weighted by Crippen LogP contribution is -2.70. The SMILES string of the molecule is Cc1nc(NS(=O)(=O)c2ccc(N3C(=O)[C@@H](O)[C@H]3[C@H](O)CO)cc2)oc1C. The molecule has 0 spiro atoms. The topological polar surface area (TPSA) is 153 Å². The molecule has 1 aliphatic rings. The van der Waals surface area contributed by atoms with Gasteiger partial charge in [-0.2, -0.15) is 4.98 Å². The molecule has 1 aliphatic heterocycles. The molecule has 10 nitrogen and oxygen atoms in total. The van der Waals surface area contributed by atoms with E-state index in [1.165, 1.54) is 24.3 Å². The van der Waals surface area contributed by atoms with Gasteiger partial charge in [-0.1, -0.05) is 0 Å². The third-order valence-corrected chi connectivity index (χ3v) is 5.70. The van der Waals surface area contributed by atoms with E-state index < -0.39 is 40.8 Å². The van der Waals surface area contributed by atoms with Gasteiger partial charge < -0.3 is 24.6 Å². The first-order chi connectivity index (χ1) is 12.7. The van der Waals surface area contributed by atoms with Crippen molar-refractivity contribution in [3.8, 4) is 0 Å². The van der Waals surface area contributed by atoms with Crippen LogP contribution in [0.5, 0.6) is 0 Å². The van der Waals surface area contributed by atoms with E-state index in [9.17, 15) is 23.4 Å². The molecule has 2 aromatic rings. The standard InChI is InChI=1S/C16H19N3O7S/c1-8-9(2)26-16(17-8)18-27(24,25)11-5-3-10(4-6-11)19-13(12(21)7-20)14(22)15(19)23/h3-6,12-14,20-22H,7H2,1-2H3,(H,17,18)/t12-,13-,14+/m1/s1. The highest BCUT2D eigenvalue weighted by Crippen LogP contribution is 2.31. The van der Waals surface area contributed by atoms with E-state index in [4.69, 9.17) is 9.52 Å². The van der Waals surface area contributed by atoms with Crippen LogP contribution in [0.2, 0.25) is 0 Å². The number of aliphatic hydroxyl groups excluding tert-OH is 3. The van der Waals surface area contributed by atoms with Gasteiger partial charge in [-0.15, -0.1) is 0 Å². The Morgan fingerprint density at radius 1 is 1.30 bits per heavy atom. The molecule has 0 unspecified atom stereocenters. The number of carbonyl (C=O) groups is 1. The molecule has 1 aromatic carbocycles. The Morgan fingerprint density at radius 3 is 2.44 bits per heavy atom. The van der Waals surface area contributed by atoms with Crippen molar-refractivity contribution in [2.45, 2.75) is 37.0 Å². The fourth-order valence-corrected chi connectivity index (χ4v) is 3.69. The van der Waals surface area contributed by atoms with Gasteiger partial charge in [0.2, 0.25) is 0 Å². The molecule has 0 radical (unpaired) electrons. The highest BCUT2D eigenvalue weighted by Gasteiger charge is 2.50. The fourth-order valence-electron chi connectivity index (χ4n) is 2.76. The minimum Gasteiger partial charge on any atom is -0.428 e. The second-order valence-electron chi connectivity index (χ2n) is 6.15. The van der Waals surface area contributed by atoms with E-state index in [2.05, 4.69) is 9.71 Å². The Kier molecular flexibility index (Phi) is 4.95. The first-order valence-corrected chi connectivity index (χ1v) is 9.51. The molecule has 3 rings (SSSR count). The number of amides is 1. The summed E-state index contributed by atoms with van der Waals surface area (Å²) in [7, 11) is -3.96. The quantitative estimate of drug-likeness (QED) is 0.477. The van der Waals surface area contributed by atoms with E-state index in [0.29, 0.717) is 11.5 Å². The van der Waals surface area contributed by atoms with Gasteiger partial charge in [-0.25, -0.2) is 13.1 Å². The number of hydrogen-bond acceptors (Lipinski definition) is 8. The number of rotatable bonds is 6. The van der Waals surface area contributed by atoms with E-state index in [1.54, 1.807) is 13.8 Å². The van der Waals surface area contributed by atoms with Gasteiger partial charge in [0.25, 0.3) is 15.9 Å². The van der Waals surface area contributed by atoms with Gasteiger partial charge in [0.1, 0.15) is 17.9 Å². The molecular weight excluding hydrogens is 378 g/mol. The second kappa shape index (κ2) is 6.93. The van der Waals surface area contributed by atoms with Gasteiger partial charge in [0, 0.05) is 5.69 Å². The maximum absolute atomic E-state index is 12.4. The first kappa shape index (κ1) is 19.3. The first-order valence-electron chi connectivity index (χ1n) is 8.02. The zero-order valence-corrected chi connectivity index (χ0v) is 15.3. The summed E-state index contributed by atoms with van der Waals surface area (Å²) < 4.78 is 32.3. The molecule has 1 fully saturated rings. The average molecular weight is 397 g/mol. The summed E-state index contributed by atoms with van der Waals surface area (Å²) in [5, 5.41) is 28.5. The van der Waals surface area contributed by atoms with Gasteiger partial charge in [-0.3, -0.25) is 4.79 Å². The molecule has 27 heavy (non-hydrogen) atoms. The largest absolute Gasteiger partial charge is 0.428 e. The van der Waals surface area contributed by atoms with Crippen LogP contribution in [-0.4, -0.2) is 59.5 Å². The van der Waals surface area contributed by atoms with Crippen LogP contribution in [0.25, 0.3) is 0 Å². The molecule has 146 valence electrons. The summed E-state index contributed by atoms with van der Waals surface area (Å²) in [5.74, 6) is -0.154. The third kappa shape index (κ3) is 3.41. The Morgan fingerprint density at radius 2 is 1.93 bits per heavy atom. The number of β-lactam (4-membered cyclic amide) rings is 1. The zero-order valence-electron chi connectivity index (χ0n) is 14.5. The van der Waals surface area contributed by atoms with Crippen molar-refractivity contribution in [2.75, 3.05) is 16.2 Å². The number of benzene rings is 1. The van der Waals surface area contributed by atoms with Crippen LogP contribution in [0.15, 0.2) is 33.6 Å². The number of anilines is 2. The van der Waals surface area contributed by atoms with Crippen molar-refractivity contribution in [1.82, 2.24) is 4.98 Å². The molecule has 1 saturated heterocycles. The molecule has 0 bridgehead atoms. The van der Waals surface area contributed by atoms with Crippen LogP contribution in [0, 0.1) is 13.8 Å². The summed E-state index contributed by atoms with van der Waals surface area (Å²) in [5.41, 5.74) is 0.843. The third-order valence-electron chi connectivity index (χ3n) is 4.37. The number of sulfonamides is 1. The predicted octanol–water partition coefficient (Wildman–Crippen LogP) is -0.478. The summed E-state index contributed by atoms with van der Waals surface area (Å²) in [4.78, 5) is 16.9. The van der Waals surface area contributed by atoms with Crippen LogP contribution in [-0.2, 0) is 14.8 Å². The molecule has 0 aliphatic carbocycles. The molecule has 11 heteroatoms. The van der Waals surface area contributed by atoms with E-state index in [-0.39, 0.29) is 16.6 Å². The summed E-state index contributed by atoms with van der Waals surface area (Å²) in [6.45, 7) is 2.71. The summed E-state index contributed by atoms with van der Waals surface area (Å²) >= 11 is 0. The number of nitrogens with one attached hydrogen (secondary N) is 1. The normalized spacial score (nSPS) is 21.1. The van der Waals surface area contributed by atoms with E-state index in [0.717, 1.165) is 4.90 Å². The number of nitrogens with zero attached hydrogens (tertiary/aromatic N) is 2. The van der Waals surface area contributed by atoms with E-state index >= 15 is 0 Å². The Bertz CT molecular complexity index is 935. The van der Waals surface area contributed by atoms with Crippen LogP contribution in [0.1, 0.15) is 11.5 Å². The van der Waals surface area contributed by atoms with Crippen LogP contribution >= 0.6 is 0 Å². The number of aliphatic hydroxyl groups is 3. The number of oxazole rings is 1.